The molecule has 4 nitrogen and oxygen atoms in total. The van der Waals surface area contributed by atoms with Gasteiger partial charge in [-0.15, -0.1) is 0 Å². The van der Waals surface area contributed by atoms with Crippen LogP contribution >= 0.6 is 0 Å². The number of carbonyl (C=O) groups is 1. The van der Waals surface area contributed by atoms with E-state index in [0.29, 0.717) is 18.3 Å². The Morgan fingerprint density at radius 1 is 1.42 bits per heavy atom. The van der Waals surface area contributed by atoms with Crippen LogP contribution in [0.3, 0.4) is 0 Å². The zero-order chi connectivity index (χ0) is 13.2. The van der Waals surface area contributed by atoms with Crippen LogP contribution in [-0.4, -0.2) is 34.9 Å². The van der Waals surface area contributed by atoms with E-state index in [2.05, 4.69) is 4.98 Å². The van der Waals surface area contributed by atoms with Crippen molar-refractivity contribution in [3.63, 3.8) is 0 Å². The third-order valence-electron chi connectivity index (χ3n) is 4.58. The van der Waals surface area contributed by atoms with Crippen LogP contribution in [-0.2, 0) is 11.2 Å². The van der Waals surface area contributed by atoms with Gasteiger partial charge in [-0.3, -0.25) is 9.78 Å². The molecule has 1 aliphatic heterocycles. The first-order valence-corrected chi connectivity index (χ1v) is 7.16. The molecule has 3 atom stereocenters. The van der Waals surface area contributed by atoms with E-state index in [1.165, 1.54) is 12.8 Å². The van der Waals surface area contributed by atoms with E-state index in [-0.39, 0.29) is 11.9 Å². The highest BCUT2D eigenvalue weighted by molar-refractivity contribution is 5.79. The summed E-state index contributed by atoms with van der Waals surface area (Å²) in [6.07, 6.45) is 7.53. The lowest BCUT2D eigenvalue weighted by Gasteiger charge is -2.29. The second-order valence-corrected chi connectivity index (χ2v) is 5.86. The standard InChI is InChI=1S/C15H21N3O/c16-14-5-1-4-12-9-18(10-13(12)14)15(19)7-11-3-2-6-17-8-11/h2-3,6,8,12-14H,1,4-5,7,9-10,16H2. The molecule has 4 heteroatoms. The summed E-state index contributed by atoms with van der Waals surface area (Å²) in [7, 11) is 0. The van der Waals surface area contributed by atoms with Crippen LogP contribution in [0.25, 0.3) is 0 Å². The maximum absolute atomic E-state index is 12.3. The van der Waals surface area contributed by atoms with Gasteiger partial charge in [0, 0.05) is 31.5 Å². The first-order chi connectivity index (χ1) is 9.24. The van der Waals surface area contributed by atoms with Crippen molar-refractivity contribution in [1.82, 2.24) is 9.88 Å². The molecule has 2 N–H and O–H groups in total. The largest absolute Gasteiger partial charge is 0.342 e. The molecule has 102 valence electrons. The van der Waals surface area contributed by atoms with E-state index in [1.54, 1.807) is 12.4 Å². The van der Waals surface area contributed by atoms with E-state index in [0.717, 1.165) is 25.1 Å². The van der Waals surface area contributed by atoms with E-state index < -0.39 is 0 Å². The molecule has 3 rings (SSSR count). The zero-order valence-electron chi connectivity index (χ0n) is 11.2. The lowest BCUT2D eigenvalue weighted by molar-refractivity contribution is -0.129. The number of carbonyl (C=O) groups excluding carboxylic acids is 1. The van der Waals surface area contributed by atoms with Crippen molar-refractivity contribution in [1.29, 1.82) is 0 Å². The Labute approximate surface area is 114 Å². The highest BCUT2D eigenvalue weighted by Crippen LogP contribution is 2.35. The summed E-state index contributed by atoms with van der Waals surface area (Å²) >= 11 is 0. The van der Waals surface area contributed by atoms with Gasteiger partial charge in [0.1, 0.15) is 0 Å². The van der Waals surface area contributed by atoms with Crippen molar-refractivity contribution >= 4 is 5.91 Å². The average Bonchev–Trinajstić information content (AvgIpc) is 2.85. The van der Waals surface area contributed by atoms with Gasteiger partial charge in [-0.2, -0.15) is 0 Å². The molecule has 1 aromatic heterocycles. The number of likely N-dealkylation sites (tertiary alicyclic amines) is 1. The lowest BCUT2D eigenvalue weighted by atomic mass is 9.78. The third kappa shape index (κ3) is 2.63. The zero-order valence-corrected chi connectivity index (χ0v) is 11.2. The average molecular weight is 259 g/mol. The van der Waals surface area contributed by atoms with Crippen molar-refractivity contribution in [3.05, 3.63) is 30.1 Å². The van der Waals surface area contributed by atoms with Crippen molar-refractivity contribution in [2.75, 3.05) is 13.1 Å². The molecule has 1 amide bonds. The third-order valence-corrected chi connectivity index (χ3v) is 4.58. The summed E-state index contributed by atoms with van der Waals surface area (Å²) in [5, 5.41) is 0. The normalized spacial score (nSPS) is 30.2. The van der Waals surface area contributed by atoms with Crippen LogP contribution in [0.5, 0.6) is 0 Å². The summed E-state index contributed by atoms with van der Waals surface area (Å²) in [5.41, 5.74) is 7.18. The van der Waals surface area contributed by atoms with Gasteiger partial charge in [-0.05, 0) is 36.3 Å². The van der Waals surface area contributed by atoms with Crippen molar-refractivity contribution in [2.24, 2.45) is 17.6 Å². The maximum atomic E-state index is 12.3. The molecule has 1 saturated carbocycles. The highest BCUT2D eigenvalue weighted by atomic mass is 16.2. The molecular formula is C15H21N3O. The fourth-order valence-electron chi connectivity index (χ4n) is 3.51. The van der Waals surface area contributed by atoms with Crippen LogP contribution in [0.1, 0.15) is 24.8 Å². The monoisotopic (exact) mass is 259 g/mol. The van der Waals surface area contributed by atoms with Gasteiger partial charge in [-0.1, -0.05) is 12.5 Å². The Kier molecular flexibility index (Phi) is 3.51. The van der Waals surface area contributed by atoms with Gasteiger partial charge < -0.3 is 10.6 Å². The van der Waals surface area contributed by atoms with E-state index in [1.807, 2.05) is 17.0 Å². The molecular weight excluding hydrogens is 238 g/mol. The fraction of sp³-hybridized carbons (Fsp3) is 0.600. The number of hydrogen-bond acceptors (Lipinski definition) is 3. The van der Waals surface area contributed by atoms with Crippen molar-refractivity contribution < 1.29 is 4.79 Å². The first-order valence-electron chi connectivity index (χ1n) is 7.16. The number of hydrogen-bond donors (Lipinski definition) is 1. The number of rotatable bonds is 2. The summed E-state index contributed by atoms with van der Waals surface area (Å²) < 4.78 is 0. The molecule has 0 radical (unpaired) electrons. The number of nitrogens with zero attached hydrogens (tertiary/aromatic N) is 2. The number of aromatic nitrogens is 1. The summed E-state index contributed by atoms with van der Waals surface area (Å²) in [6.45, 7) is 1.75. The number of nitrogens with two attached hydrogens (primary N) is 1. The van der Waals surface area contributed by atoms with Gasteiger partial charge >= 0.3 is 0 Å². The van der Waals surface area contributed by atoms with Gasteiger partial charge in [0.15, 0.2) is 0 Å². The Morgan fingerprint density at radius 2 is 2.32 bits per heavy atom. The molecule has 1 saturated heterocycles. The molecule has 2 aliphatic rings. The quantitative estimate of drug-likeness (QED) is 0.868. The van der Waals surface area contributed by atoms with Crippen LogP contribution in [0.15, 0.2) is 24.5 Å². The Balaban J connectivity index is 1.63. The molecule has 2 fully saturated rings. The van der Waals surface area contributed by atoms with Crippen molar-refractivity contribution in [3.8, 4) is 0 Å². The summed E-state index contributed by atoms with van der Waals surface area (Å²) in [6, 6.07) is 4.12. The summed E-state index contributed by atoms with van der Waals surface area (Å²) in [5.74, 6) is 1.36. The van der Waals surface area contributed by atoms with Crippen molar-refractivity contribution in [2.45, 2.75) is 31.7 Å². The smallest absolute Gasteiger partial charge is 0.227 e. The predicted octanol–water partition coefficient (Wildman–Crippen LogP) is 1.21. The molecule has 0 aromatic carbocycles. The van der Waals surface area contributed by atoms with E-state index in [9.17, 15) is 4.79 Å². The number of pyridine rings is 1. The van der Waals surface area contributed by atoms with E-state index >= 15 is 0 Å². The fourth-order valence-corrected chi connectivity index (χ4v) is 3.51. The van der Waals surface area contributed by atoms with Gasteiger partial charge in [0.25, 0.3) is 0 Å². The van der Waals surface area contributed by atoms with Gasteiger partial charge in [0.2, 0.25) is 5.91 Å². The maximum Gasteiger partial charge on any atom is 0.227 e. The number of amides is 1. The molecule has 1 aromatic rings. The Hall–Kier alpha value is -1.42. The predicted molar refractivity (Wildman–Crippen MR) is 73.3 cm³/mol. The molecule has 1 aliphatic carbocycles. The van der Waals surface area contributed by atoms with Crippen LogP contribution in [0.4, 0.5) is 0 Å². The molecule has 0 bridgehead atoms. The van der Waals surface area contributed by atoms with Crippen LogP contribution in [0.2, 0.25) is 0 Å². The second-order valence-electron chi connectivity index (χ2n) is 5.86. The molecule has 2 heterocycles. The topological polar surface area (TPSA) is 59.2 Å². The minimum Gasteiger partial charge on any atom is -0.342 e. The molecule has 19 heavy (non-hydrogen) atoms. The van der Waals surface area contributed by atoms with E-state index in [4.69, 9.17) is 5.73 Å². The minimum atomic E-state index is 0.217. The number of fused-ring (bicyclic) bond motifs is 1. The van der Waals surface area contributed by atoms with Crippen LogP contribution in [0, 0.1) is 11.8 Å². The first kappa shape index (κ1) is 12.6. The van der Waals surface area contributed by atoms with Crippen LogP contribution < -0.4 is 5.73 Å². The lowest BCUT2D eigenvalue weighted by Crippen LogP contribution is -2.38. The second kappa shape index (κ2) is 5.29. The molecule has 3 unspecified atom stereocenters. The minimum absolute atomic E-state index is 0.217. The van der Waals surface area contributed by atoms with Gasteiger partial charge in [0.05, 0.1) is 6.42 Å². The highest BCUT2D eigenvalue weighted by Gasteiger charge is 2.40. The van der Waals surface area contributed by atoms with Gasteiger partial charge in [-0.25, -0.2) is 0 Å². The summed E-state index contributed by atoms with van der Waals surface area (Å²) in [4.78, 5) is 18.4. The SMILES string of the molecule is NC1CCCC2CN(C(=O)Cc3cccnc3)CC12. The Bertz CT molecular complexity index is 448. The molecule has 0 spiro atoms. The Morgan fingerprint density at radius 3 is 3.05 bits per heavy atom.